The molecule has 3 N–H and O–H groups in total. The summed E-state index contributed by atoms with van der Waals surface area (Å²) in [5.74, 6) is 1.81. The lowest BCUT2D eigenvalue weighted by Gasteiger charge is -2.22. The molecule has 3 heteroatoms. The van der Waals surface area contributed by atoms with Gasteiger partial charge in [-0.2, -0.15) is 0 Å². The van der Waals surface area contributed by atoms with Gasteiger partial charge in [0.15, 0.2) is 0 Å². The van der Waals surface area contributed by atoms with Gasteiger partial charge in [0, 0.05) is 29.6 Å². The molecule has 0 bridgehead atoms. The van der Waals surface area contributed by atoms with E-state index in [0.29, 0.717) is 12.6 Å². The lowest BCUT2D eigenvalue weighted by Crippen LogP contribution is -2.35. The molecule has 1 heterocycles. The second-order valence-electron chi connectivity index (χ2n) is 6.14. The highest BCUT2D eigenvalue weighted by Gasteiger charge is 2.26. The molecule has 108 valence electrons. The van der Waals surface area contributed by atoms with Gasteiger partial charge in [-0.05, 0) is 38.2 Å². The number of nitrogens with two attached hydrogens (primary N) is 1. The van der Waals surface area contributed by atoms with Gasteiger partial charge in [0.1, 0.15) is 11.3 Å². The van der Waals surface area contributed by atoms with Crippen molar-refractivity contribution in [3.05, 3.63) is 35.6 Å². The summed E-state index contributed by atoms with van der Waals surface area (Å²) >= 11 is 0. The van der Waals surface area contributed by atoms with Crippen molar-refractivity contribution in [1.82, 2.24) is 5.32 Å². The molecule has 0 aliphatic heterocycles. The van der Waals surface area contributed by atoms with Crippen molar-refractivity contribution in [1.29, 1.82) is 0 Å². The molecule has 1 aliphatic carbocycles. The summed E-state index contributed by atoms with van der Waals surface area (Å²) in [6, 6.07) is 9.00. The first-order valence-electron chi connectivity index (χ1n) is 7.63. The summed E-state index contributed by atoms with van der Waals surface area (Å²) in [6.07, 6.45) is 3.83. The number of nitrogens with one attached hydrogen (secondary N) is 1. The van der Waals surface area contributed by atoms with Crippen LogP contribution in [0.4, 0.5) is 0 Å². The fourth-order valence-electron chi connectivity index (χ4n) is 3.53. The molecule has 1 aliphatic rings. The largest absolute Gasteiger partial charge is 0.461 e. The number of furan rings is 1. The molecule has 0 radical (unpaired) electrons. The summed E-state index contributed by atoms with van der Waals surface area (Å²) < 4.78 is 5.87. The molecular formula is C17H24N2O. The van der Waals surface area contributed by atoms with Crippen LogP contribution in [-0.4, -0.2) is 12.6 Å². The van der Waals surface area contributed by atoms with E-state index in [4.69, 9.17) is 10.2 Å². The van der Waals surface area contributed by atoms with Gasteiger partial charge in [-0.3, -0.25) is 0 Å². The molecule has 3 atom stereocenters. The van der Waals surface area contributed by atoms with Gasteiger partial charge in [0.25, 0.3) is 0 Å². The van der Waals surface area contributed by atoms with E-state index in [1.165, 1.54) is 30.2 Å². The number of hydrogen-bond donors (Lipinski definition) is 2. The van der Waals surface area contributed by atoms with Crippen LogP contribution in [0.3, 0.4) is 0 Å². The van der Waals surface area contributed by atoms with Gasteiger partial charge in [0.2, 0.25) is 0 Å². The van der Waals surface area contributed by atoms with Crippen LogP contribution in [0.5, 0.6) is 0 Å². The van der Waals surface area contributed by atoms with Gasteiger partial charge >= 0.3 is 0 Å². The second kappa shape index (κ2) is 5.58. The Hall–Kier alpha value is -1.32. The Labute approximate surface area is 120 Å². The molecule has 0 saturated heterocycles. The average Bonchev–Trinajstić information content (AvgIpc) is 2.99. The van der Waals surface area contributed by atoms with Gasteiger partial charge in [-0.25, -0.2) is 0 Å². The van der Waals surface area contributed by atoms with Crippen molar-refractivity contribution in [3.8, 4) is 0 Å². The van der Waals surface area contributed by atoms with Crippen LogP contribution >= 0.6 is 0 Å². The third-order valence-electron chi connectivity index (χ3n) is 4.54. The maximum Gasteiger partial charge on any atom is 0.134 e. The van der Waals surface area contributed by atoms with Crippen LogP contribution < -0.4 is 11.1 Å². The molecule has 20 heavy (non-hydrogen) atoms. The lowest BCUT2D eigenvalue weighted by atomic mass is 10.0. The van der Waals surface area contributed by atoms with Crippen molar-refractivity contribution in [2.45, 2.75) is 45.2 Å². The Morgan fingerprint density at radius 3 is 2.85 bits per heavy atom. The monoisotopic (exact) mass is 272 g/mol. The number of fused-ring (bicyclic) bond motifs is 1. The van der Waals surface area contributed by atoms with Crippen LogP contribution in [0.15, 0.2) is 28.7 Å². The molecule has 0 spiro atoms. The fraction of sp³-hybridized carbons (Fsp3) is 0.529. The Balaban J connectivity index is 1.89. The molecule has 3 rings (SSSR count). The standard InChI is InChI=1S/C17H24N2O/c1-11-7-8-13(9-11)19-15(10-18)17-12(2)20-16-6-4-3-5-14(16)17/h3-6,11,13,15,19H,7-10,18H2,1-2H3. The predicted molar refractivity (Wildman–Crippen MR) is 82.7 cm³/mol. The summed E-state index contributed by atoms with van der Waals surface area (Å²) in [5, 5.41) is 4.94. The quantitative estimate of drug-likeness (QED) is 0.895. The highest BCUT2D eigenvalue weighted by Crippen LogP contribution is 2.32. The minimum Gasteiger partial charge on any atom is -0.461 e. The summed E-state index contributed by atoms with van der Waals surface area (Å²) in [5.41, 5.74) is 8.23. The average molecular weight is 272 g/mol. The van der Waals surface area contributed by atoms with Gasteiger partial charge in [0.05, 0.1) is 0 Å². The van der Waals surface area contributed by atoms with Crippen LogP contribution in [0, 0.1) is 12.8 Å². The van der Waals surface area contributed by atoms with E-state index < -0.39 is 0 Å². The maximum absolute atomic E-state index is 6.03. The predicted octanol–water partition coefficient (Wildman–Crippen LogP) is 3.52. The molecule has 1 fully saturated rings. The normalized spacial score (nSPS) is 24.4. The first kappa shape index (κ1) is 13.7. The molecule has 1 saturated carbocycles. The molecular weight excluding hydrogens is 248 g/mol. The van der Waals surface area contributed by atoms with Crippen LogP contribution in [-0.2, 0) is 0 Å². The summed E-state index contributed by atoms with van der Waals surface area (Å²) in [6.45, 7) is 4.98. The van der Waals surface area contributed by atoms with Gasteiger partial charge in [-0.15, -0.1) is 0 Å². The lowest BCUT2D eigenvalue weighted by molar-refractivity contribution is 0.429. The molecule has 1 aromatic carbocycles. The highest BCUT2D eigenvalue weighted by atomic mass is 16.3. The minimum atomic E-state index is 0.189. The smallest absolute Gasteiger partial charge is 0.134 e. The van der Waals surface area contributed by atoms with E-state index in [0.717, 1.165) is 17.3 Å². The Morgan fingerprint density at radius 2 is 2.15 bits per heavy atom. The van der Waals surface area contributed by atoms with Crippen molar-refractivity contribution in [2.75, 3.05) is 6.54 Å². The van der Waals surface area contributed by atoms with Crippen molar-refractivity contribution >= 4 is 11.0 Å². The SMILES string of the molecule is Cc1oc2ccccc2c1C(CN)NC1CCC(C)C1. The van der Waals surface area contributed by atoms with E-state index in [1.54, 1.807) is 0 Å². The van der Waals surface area contributed by atoms with Gasteiger partial charge < -0.3 is 15.5 Å². The Bertz CT molecular complexity index is 590. The topological polar surface area (TPSA) is 51.2 Å². The fourth-order valence-corrected chi connectivity index (χ4v) is 3.53. The summed E-state index contributed by atoms with van der Waals surface area (Å²) in [7, 11) is 0. The second-order valence-corrected chi connectivity index (χ2v) is 6.14. The minimum absolute atomic E-state index is 0.189. The van der Waals surface area contributed by atoms with E-state index >= 15 is 0 Å². The first-order valence-corrected chi connectivity index (χ1v) is 7.63. The highest BCUT2D eigenvalue weighted by molar-refractivity contribution is 5.82. The molecule has 0 amide bonds. The van der Waals surface area contributed by atoms with E-state index in [1.807, 2.05) is 19.1 Å². The van der Waals surface area contributed by atoms with Crippen molar-refractivity contribution < 1.29 is 4.42 Å². The number of aryl methyl sites for hydroxylation is 1. The number of para-hydroxylation sites is 1. The number of rotatable bonds is 4. The molecule has 3 nitrogen and oxygen atoms in total. The zero-order valence-corrected chi connectivity index (χ0v) is 12.4. The Kier molecular flexibility index (Phi) is 3.81. The molecule has 2 aromatic rings. The zero-order chi connectivity index (χ0) is 14.1. The molecule has 1 aromatic heterocycles. The summed E-state index contributed by atoms with van der Waals surface area (Å²) in [4.78, 5) is 0. The van der Waals surface area contributed by atoms with E-state index in [2.05, 4.69) is 24.4 Å². The first-order chi connectivity index (χ1) is 9.69. The number of hydrogen-bond acceptors (Lipinski definition) is 3. The van der Waals surface area contributed by atoms with Gasteiger partial charge in [-0.1, -0.05) is 25.1 Å². The zero-order valence-electron chi connectivity index (χ0n) is 12.4. The molecule has 3 unspecified atom stereocenters. The van der Waals surface area contributed by atoms with Crippen LogP contribution in [0.2, 0.25) is 0 Å². The van der Waals surface area contributed by atoms with E-state index in [-0.39, 0.29) is 6.04 Å². The van der Waals surface area contributed by atoms with Crippen molar-refractivity contribution in [3.63, 3.8) is 0 Å². The third-order valence-corrected chi connectivity index (χ3v) is 4.54. The third kappa shape index (κ3) is 2.48. The Morgan fingerprint density at radius 1 is 1.35 bits per heavy atom. The van der Waals surface area contributed by atoms with Crippen LogP contribution in [0.25, 0.3) is 11.0 Å². The maximum atomic E-state index is 6.03. The number of benzene rings is 1. The van der Waals surface area contributed by atoms with E-state index in [9.17, 15) is 0 Å². The van der Waals surface area contributed by atoms with Crippen LogP contribution in [0.1, 0.15) is 43.6 Å². The van der Waals surface area contributed by atoms with Crippen molar-refractivity contribution in [2.24, 2.45) is 11.7 Å².